The van der Waals surface area contributed by atoms with E-state index in [4.69, 9.17) is 14.5 Å². The summed E-state index contributed by atoms with van der Waals surface area (Å²) < 4.78 is 11.3. The molecule has 3 fully saturated rings. The van der Waals surface area contributed by atoms with Gasteiger partial charge in [0.25, 0.3) is 0 Å². The predicted octanol–water partition coefficient (Wildman–Crippen LogP) is 3.13. The summed E-state index contributed by atoms with van der Waals surface area (Å²) in [6.07, 6.45) is 2.40. The van der Waals surface area contributed by atoms with E-state index in [1.54, 1.807) is 0 Å². The van der Waals surface area contributed by atoms with Gasteiger partial charge in [0.1, 0.15) is 0 Å². The van der Waals surface area contributed by atoms with Crippen LogP contribution in [0, 0.1) is 12.3 Å². The van der Waals surface area contributed by atoms with Crippen LogP contribution in [0.5, 0.6) is 0 Å². The number of ether oxygens (including phenoxy) is 2. The largest absolute Gasteiger partial charge is 0.381 e. The van der Waals surface area contributed by atoms with Gasteiger partial charge in [0.05, 0.1) is 32.4 Å². The normalized spacial score (nSPS) is 26.7. The van der Waals surface area contributed by atoms with Gasteiger partial charge >= 0.3 is 0 Å². The molecule has 0 saturated carbocycles. The summed E-state index contributed by atoms with van der Waals surface area (Å²) in [6, 6.07) is 4.85. The molecule has 1 spiro atoms. The van der Waals surface area contributed by atoms with Crippen molar-refractivity contribution in [2.45, 2.75) is 32.7 Å². The number of guanidine groups is 1. The van der Waals surface area contributed by atoms with Crippen LogP contribution >= 0.6 is 35.3 Å². The van der Waals surface area contributed by atoms with Crippen molar-refractivity contribution in [2.75, 3.05) is 65.7 Å². The highest BCUT2D eigenvalue weighted by Gasteiger charge is 2.42. The lowest BCUT2D eigenvalue weighted by Crippen LogP contribution is -2.43. The molecular weight excluding hydrogens is 499 g/mol. The molecule has 1 aromatic heterocycles. The van der Waals surface area contributed by atoms with Gasteiger partial charge in [0, 0.05) is 54.5 Å². The quantitative estimate of drug-likeness (QED) is 0.358. The van der Waals surface area contributed by atoms with Crippen LogP contribution in [0.15, 0.2) is 17.1 Å². The highest BCUT2D eigenvalue weighted by molar-refractivity contribution is 14.0. The van der Waals surface area contributed by atoms with Crippen LogP contribution in [0.4, 0.5) is 0 Å². The topological polar surface area (TPSA) is 49.3 Å². The average Bonchev–Trinajstić information content (AvgIpc) is 3.45. The molecule has 3 saturated heterocycles. The molecule has 6 nitrogen and oxygen atoms in total. The Morgan fingerprint density at radius 2 is 2.03 bits per heavy atom. The third-order valence-electron chi connectivity index (χ3n) is 6.25. The zero-order valence-corrected chi connectivity index (χ0v) is 20.8. The summed E-state index contributed by atoms with van der Waals surface area (Å²) in [5.41, 5.74) is 0.352. The van der Waals surface area contributed by atoms with Crippen LogP contribution in [0.3, 0.4) is 0 Å². The highest BCUT2D eigenvalue weighted by Crippen LogP contribution is 2.38. The number of aryl methyl sites for hydroxylation is 1. The van der Waals surface area contributed by atoms with Crippen molar-refractivity contribution in [1.82, 2.24) is 15.1 Å². The van der Waals surface area contributed by atoms with E-state index in [1.165, 1.54) is 22.6 Å². The Balaban J connectivity index is 0.00000240. The molecule has 0 aromatic carbocycles. The molecule has 29 heavy (non-hydrogen) atoms. The number of nitrogens with one attached hydrogen (secondary N) is 1. The molecule has 3 aliphatic rings. The zero-order chi connectivity index (χ0) is 19.4. The summed E-state index contributed by atoms with van der Waals surface area (Å²) in [5.74, 6) is 1.07. The zero-order valence-electron chi connectivity index (χ0n) is 17.7. The molecule has 4 heterocycles. The maximum Gasteiger partial charge on any atom is 0.194 e. The Labute approximate surface area is 196 Å². The molecule has 0 aliphatic carbocycles. The fourth-order valence-electron chi connectivity index (χ4n) is 4.59. The van der Waals surface area contributed by atoms with Crippen LogP contribution < -0.4 is 5.32 Å². The summed E-state index contributed by atoms with van der Waals surface area (Å²) in [5, 5.41) is 3.54. The van der Waals surface area contributed by atoms with Gasteiger partial charge in [0.2, 0.25) is 0 Å². The van der Waals surface area contributed by atoms with E-state index in [2.05, 4.69) is 41.1 Å². The molecule has 3 aliphatic heterocycles. The molecule has 164 valence electrons. The van der Waals surface area contributed by atoms with Crippen molar-refractivity contribution in [1.29, 1.82) is 0 Å². The Bertz CT molecular complexity index is 671. The summed E-state index contributed by atoms with van der Waals surface area (Å²) in [6.45, 7) is 13.6. The monoisotopic (exact) mass is 534 g/mol. The number of nitrogens with zero attached hydrogens (tertiary/aromatic N) is 3. The molecule has 2 unspecified atom stereocenters. The van der Waals surface area contributed by atoms with Crippen LogP contribution in [0.25, 0.3) is 0 Å². The number of aliphatic imine (C=N–C) groups is 1. The third kappa shape index (κ3) is 5.64. The Kier molecular flexibility index (Phi) is 8.62. The highest BCUT2D eigenvalue weighted by atomic mass is 127. The van der Waals surface area contributed by atoms with E-state index in [0.29, 0.717) is 11.5 Å². The van der Waals surface area contributed by atoms with Gasteiger partial charge in [-0.2, -0.15) is 0 Å². The molecule has 1 aromatic rings. The molecular formula is C21H35IN4O2S. The second-order valence-electron chi connectivity index (χ2n) is 8.28. The van der Waals surface area contributed by atoms with Gasteiger partial charge in [0.15, 0.2) is 5.96 Å². The molecule has 0 bridgehead atoms. The lowest BCUT2D eigenvalue weighted by molar-refractivity contribution is 0.0186. The number of thiophene rings is 1. The number of hydrogen-bond donors (Lipinski definition) is 1. The summed E-state index contributed by atoms with van der Waals surface area (Å²) in [4.78, 5) is 12.9. The fourth-order valence-corrected chi connectivity index (χ4v) is 5.60. The molecule has 0 radical (unpaired) electrons. The van der Waals surface area contributed by atoms with Gasteiger partial charge in [-0.15, -0.1) is 35.3 Å². The minimum atomic E-state index is 0. The van der Waals surface area contributed by atoms with Gasteiger partial charge in [-0.25, -0.2) is 0 Å². The minimum absolute atomic E-state index is 0. The standard InChI is InChI=1S/C21H34N4O2S.HI/c1-3-22-20(25-8-6-21(15-25)7-11-27-16-21)23-14-18(19-5-4-17(2)28-19)24-9-12-26-13-10-24;/h4-5,18H,3,6-16H2,1-2H3,(H,22,23);1H. The Morgan fingerprint density at radius 1 is 1.21 bits per heavy atom. The van der Waals surface area contributed by atoms with E-state index in [0.717, 1.165) is 71.7 Å². The number of morpholine rings is 1. The lowest BCUT2D eigenvalue weighted by atomic mass is 9.87. The smallest absolute Gasteiger partial charge is 0.194 e. The molecule has 8 heteroatoms. The Morgan fingerprint density at radius 3 is 2.69 bits per heavy atom. The number of hydrogen-bond acceptors (Lipinski definition) is 5. The first kappa shape index (κ1) is 23.2. The maximum atomic E-state index is 5.70. The summed E-state index contributed by atoms with van der Waals surface area (Å²) in [7, 11) is 0. The Hall–Kier alpha value is -0.420. The lowest BCUT2D eigenvalue weighted by Gasteiger charge is -2.33. The molecule has 1 N–H and O–H groups in total. The second-order valence-corrected chi connectivity index (χ2v) is 9.60. The van der Waals surface area contributed by atoms with Crippen LogP contribution in [0.1, 0.15) is 35.6 Å². The van der Waals surface area contributed by atoms with Crippen molar-refractivity contribution < 1.29 is 9.47 Å². The minimum Gasteiger partial charge on any atom is -0.381 e. The fraction of sp³-hybridized carbons (Fsp3) is 0.762. The first-order valence-electron chi connectivity index (χ1n) is 10.7. The van der Waals surface area contributed by atoms with Gasteiger partial charge < -0.3 is 19.7 Å². The summed E-state index contributed by atoms with van der Waals surface area (Å²) >= 11 is 1.90. The van der Waals surface area contributed by atoms with Gasteiger partial charge in [-0.3, -0.25) is 9.89 Å². The maximum absolute atomic E-state index is 5.70. The number of likely N-dealkylation sites (tertiary alicyclic amines) is 1. The predicted molar refractivity (Wildman–Crippen MR) is 130 cm³/mol. The van der Waals surface area contributed by atoms with Crippen LogP contribution in [0.2, 0.25) is 0 Å². The van der Waals surface area contributed by atoms with Crippen molar-refractivity contribution in [2.24, 2.45) is 10.4 Å². The number of rotatable bonds is 5. The van der Waals surface area contributed by atoms with Crippen LogP contribution in [-0.2, 0) is 9.47 Å². The van der Waals surface area contributed by atoms with Crippen molar-refractivity contribution >= 4 is 41.3 Å². The SMILES string of the molecule is CCNC(=NCC(c1ccc(C)s1)N1CCOCC1)N1CCC2(CCOC2)C1.I. The first-order chi connectivity index (χ1) is 13.7. The van der Waals surface area contributed by atoms with Crippen LogP contribution in [-0.4, -0.2) is 81.5 Å². The second kappa shape index (κ2) is 10.7. The molecule has 2 atom stereocenters. The first-order valence-corrected chi connectivity index (χ1v) is 11.5. The third-order valence-corrected chi connectivity index (χ3v) is 7.35. The van der Waals surface area contributed by atoms with Crippen molar-refractivity contribution in [3.8, 4) is 0 Å². The van der Waals surface area contributed by atoms with E-state index in [1.807, 2.05) is 11.3 Å². The van der Waals surface area contributed by atoms with E-state index in [-0.39, 0.29) is 24.0 Å². The average molecular weight is 535 g/mol. The van der Waals surface area contributed by atoms with Gasteiger partial charge in [-0.1, -0.05) is 0 Å². The van der Waals surface area contributed by atoms with E-state index >= 15 is 0 Å². The van der Waals surface area contributed by atoms with Crippen molar-refractivity contribution in [3.63, 3.8) is 0 Å². The van der Waals surface area contributed by atoms with Crippen molar-refractivity contribution in [3.05, 3.63) is 21.9 Å². The number of halogens is 1. The van der Waals surface area contributed by atoms with E-state index < -0.39 is 0 Å². The molecule has 4 rings (SSSR count). The van der Waals surface area contributed by atoms with Gasteiger partial charge in [-0.05, 0) is 38.8 Å². The molecule has 0 amide bonds. The van der Waals surface area contributed by atoms with E-state index in [9.17, 15) is 0 Å².